The van der Waals surface area contributed by atoms with Crippen molar-refractivity contribution in [1.82, 2.24) is 15.2 Å². The summed E-state index contributed by atoms with van der Waals surface area (Å²) in [5.74, 6) is 0. The SMILES string of the molecule is Cc1ccc(NC(=S)NN=Cc2cn(-c3ccccc3)nc2-c2ccccc2)c(C)c1. The van der Waals surface area contributed by atoms with Gasteiger partial charge in [0.2, 0.25) is 0 Å². The van der Waals surface area contributed by atoms with Crippen LogP contribution in [0, 0.1) is 13.8 Å². The van der Waals surface area contributed by atoms with E-state index in [2.05, 4.69) is 28.8 Å². The summed E-state index contributed by atoms with van der Waals surface area (Å²) in [4.78, 5) is 0. The van der Waals surface area contributed by atoms with Crippen LogP contribution in [0.25, 0.3) is 16.9 Å². The molecule has 0 fully saturated rings. The molecule has 31 heavy (non-hydrogen) atoms. The van der Waals surface area contributed by atoms with E-state index in [1.54, 1.807) is 6.21 Å². The Morgan fingerprint density at radius 2 is 1.68 bits per heavy atom. The highest BCUT2D eigenvalue weighted by Gasteiger charge is 2.11. The Balaban J connectivity index is 1.54. The van der Waals surface area contributed by atoms with E-state index in [-0.39, 0.29) is 0 Å². The third-order valence-electron chi connectivity index (χ3n) is 4.81. The largest absolute Gasteiger partial charge is 0.331 e. The Hall–Kier alpha value is -3.77. The number of thiocarbonyl (C=S) groups is 1. The molecule has 2 N–H and O–H groups in total. The zero-order valence-corrected chi connectivity index (χ0v) is 18.2. The summed E-state index contributed by atoms with van der Waals surface area (Å²) in [7, 11) is 0. The molecule has 0 bridgehead atoms. The van der Waals surface area contributed by atoms with Gasteiger partial charge in [-0.2, -0.15) is 10.2 Å². The van der Waals surface area contributed by atoms with Crippen LogP contribution in [0.5, 0.6) is 0 Å². The lowest BCUT2D eigenvalue weighted by Crippen LogP contribution is -2.24. The minimum absolute atomic E-state index is 0.430. The van der Waals surface area contributed by atoms with Crippen molar-refractivity contribution in [3.63, 3.8) is 0 Å². The van der Waals surface area contributed by atoms with Gasteiger partial charge in [-0.25, -0.2) is 4.68 Å². The van der Waals surface area contributed by atoms with Gasteiger partial charge in [-0.1, -0.05) is 66.2 Å². The number of hydrazone groups is 1. The van der Waals surface area contributed by atoms with Crippen LogP contribution in [-0.2, 0) is 0 Å². The van der Waals surface area contributed by atoms with Gasteiger partial charge in [0.1, 0.15) is 5.69 Å². The summed E-state index contributed by atoms with van der Waals surface area (Å²) >= 11 is 5.40. The van der Waals surface area contributed by atoms with E-state index in [1.165, 1.54) is 5.56 Å². The lowest BCUT2D eigenvalue weighted by molar-refractivity contribution is 0.884. The van der Waals surface area contributed by atoms with Crippen molar-refractivity contribution in [2.75, 3.05) is 5.32 Å². The minimum Gasteiger partial charge on any atom is -0.331 e. The number of aromatic nitrogens is 2. The molecule has 3 aromatic carbocycles. The second kappa shape index (κ2) is 9.36. The quantitative estimate of drug-likeness (QED) is 0.253. The first-order chi connectivity index (χ1) is 15.1. The van der Waals surface area contributed by atoms with E-state index in [9.17, 15) is 0 Å². The molecule has 0 radical (unpaired) electrons. The van der Waals surface area contributed by atoms with Crippen molar-refractivity contribution in [3.05, 3.63) is 102 Å². The Kier molecular flexibility index (Phi) is 6.19. The van der Waals surface area contributed by atoms with Crippen molar-refractivity contribution in [2.45, 2.75) is 13.8 Å². The molecule has 0 unspecified atom stereocenters. The van der Waals surface area contributed by atoms with Crippen molar-refractivity contribution >= 4 is 29.2 Å². The number of anilines is 1. The number of rotatable bonds is 5. The first-order valence-electron chi connectivity index (χ1n) is 9.98. The first kappa shape index (κ1) is 20.5. The molecule has 0 saturated carbocycles. The average molecular weight is 426 g/mol. The summed E-state index contributed by atoms with van der Waals surface area (Å²) in [6.45, 7) is 4.11. The molecule has 1 aromatic heterocycles. The third kappa shape index (κ3) is 5.05. The van der Waals surface area contributed by atoms with Crippen molar-refractivity contribution in [3.8, 4) is 16.9 Å². The molecule has 0 atom stereocenters. The molecule has 0 saturated heterocycles. The van der Waals surface area contributed by atoms with Gasteiger partial charge in [0.25, 0.3) is 0 Å². The summed E-state index contributed by atoms with van der Waals surface area (Å²) in [6.07, 6.45) is 3.70. The lowest BCUT2D eigenvalue weighted by atomic mass is 10.1. The van der Waals surface area contributed by atoms with Crippen LogP contribution in [0.15, 0.2) is 90.2 Å². The van der Waals surface area contributed by atoms with E-state index in [0.29, 0.717) is 5.11 Å². The number of nitrogens with one attached hydrogen (secondary N) is 2. The van der Waals surface area contributed by atoms with Gasteiger partial charge in [-0.15, -0.1) is 0 Å². The van der Waals surface area contributed by atoms with Crippen molar-refractivity contribution in [2.24, 2.45) is 5.10 Å². The Bertz CT molecular complexity index is 1210. The fourth-order valence-electron chi connectivity index (χ4n) is 3.28. The maximum absolute atomic E-state index is 5.40. The normalized spacial score (nSPS) is 10.9. The molecule has 1 heterocycles. The van der Waals surface area contributed by atoms with Gasteiger partial charge in [0.15, 0.2) is 5.11 Å². The highest BCUT2D eigenvalue weighted by molar-refractivity contribution is 7.80. The molecule has 6 heteroatoms. The molecule has 0 spiro atoms. The van der Waals surface area contributed by atoms with Crippen LogP contribution in [0.4, 0.5) is 5.69 Å². The predicted octanol–water partition coefficient (Wildman–Crippen LogP) is 5.48. The minimum atomic E-state index is 0.430. The van der Waals surface area contributed by atoms with Crippen LogP contribution in [0.1, 0.15) is 16.7 Å². The predicted molar refractivity (Wildman–Crippen MR) is 132 cm³/mol. The van der Waals surface area contributed by atoms with Crippen LogP contribution < -0.4 is 10.7 Å². The number of aryl methyl sites for hydroxylation is 2. The number of hydrogen-bond acceptors (Lipinski definition) is 3. The third-order valence-corrected chi connectivity index (χ3v) is 5.00. The zero-order chi connectivity index (χ0) is 21.6. The van der Waals surface area contributed by atoms with Crippen molar-refractivity contribution < 1.29 is 0 Å². The first-order valence-corrected chi connectivity index (χ1v) is 10.4. The highest BCUT2D eigenvalue weighted by atomic mass is 32.1. The molecule has 0 aliphatic heterocycles. The number of nitrogens with zero attached hydrogens (tertiary/aromatic N) is 3. The van der Waals surface area contributed by atoms with Gasteiger partial charge in [0.05, 0.1) is 11.9 Å². The summed E-state index contributed by atoms with van der Waals surface area (Å²) in [6, 6.07) is 26.2. The summed E-state index contributed by atoms with van der Waals surface area (Å²) < 4.78 is 1.86. The van der Waals surface area contributed by atoms with Crippen molar-refractivity contribution in [1.29, 1.82) is 0 Å². The number of hydrogen-bond donors (Lipinski definition) is 2. The smallest absolute Gasteiger partial charge is 0.191 e. The average Bonchev–Trinajstić information content (AvgIpc) is 3.21. The van der Waals surface area contributed by atoms with Crippen LogP contribution in [0.2, 0.25) is 0 Å². The second-order valence-electron chi connectivity index (χ2n) is 7.22. The fourth-order valence-corrected chi connectivity index (χ4v) is 3.44. The molecular weight excluding hydrogens is 402 g/mol. The van der Waals surface area contributed by atoms with E-state index < -0.39 is 0 Å². The fraction of sp³-hybridized carbons (Fsp3) is 0.0800. The van der Waals surface area contributed by atoms with Crippen LogP contribution in [0.3, 0.4) is 0 Å². The van der Waals surface area contributed by atoms with E-state index in [0.717, 1.165) is 33.8 Å². The summed E-state index contributed by atoms with van der Waals surface area (Å²) in [5, 5.41) is 12.7. The van der Waals surface area contributed by atoms with Crippen LogP contribution in [-0.4, -0.2) is 21.1 Å². The maximum atomic E-state index is 5.40. The van der Waals surface area contributed by atoms with Gasteiger partial charge in [-0.3, -0.25) is 5.43 Å². The molecular formula is C25H23N5S. The monoisotopic (exact) mass is 425 g/mol. The van der Waals surface area contributed by atoms with E-state index >= 15 is 0 Å². The molecule has 4 aromatic rings. The van der Waals surface area contributed by atoms with Crippen LogP contribution >= 0.6 is 12.2 Å². The number of benzene rings is 3. The zero-order valence-electron chi connectivity index (χ0n) is 17.4. The highest BCUT2D eigenvalue weighted by Crippen LogP contribution is 2.22. The lowest BCUT2D eigenvalue weighted by Gasteiger charge is -2.10. The Labute approximate surface area is 187 Å². The molecule has 154 valence electrons. The second-order valence-corrected chi connectivity index (χ2v) is 7.63. The van der Waals surface area contributed by atoms with E-state index in [4.69, 9.17) is 17.3 Å². The molecule has 5 nitrogen and oxygen atoms in total. The maximum Gasteiger partial charge on any atom is 0.191 e. The summed E-state index contributed by atoms with van der Waals surface area (Å²) in [5.41, 5.74) is 9.95. The van der Waals surface area contributed by atoms with Gasteiger partial charge < -0.3 is 5.32 Å². The molecule has 0 amide bonds. The van der Waals surface area contributed by atoms with Gasteiger partial charge in [-0.05, 0) is 49.8 Å². The van der Waals surface area contributed by atoms with Gasteiger partial charge in [0, 0.05) is 23.0 Å². The van der Waals surface area contributed by atoms with E-state index in [1.807, 2.05) is 90.6 Å². The Morgan fingerprint density at radius 1 is 0.968 bits per heavy atom. The standard InChI is InChI=1S/C25H23N5S/c1-18-13-14-23(19(2)15-18)27-25(31)28-26-16-21-17-30(22-11-7-4-8-12-22)29-24(21)20-9-5-3-6-10-20/h3-17H,1-2H3,(H2,27,28,31). The number of para-hydroxylation sites is 1. The molecule has 4 rings (SSSR count). The Morgan fingerprint density at radius 3 is 2.39 bits per heavy atom. The molecule has 0 aliphatic rings. The van der Waals surface area contributed by atoms with Gasteiger partial charge >= 0.3 is 0 Å². The molecule has 0 aliphatic carbocycles. The topological polar surface area (TPSA) is 54.2 Å².